The van der Waals surface area contributed by atoms with E-state index in [1.165, 1.54) is 29.7 Å². The number of nitrogens with zero attached hydrogens (tertiary/aromatic N) is 5. The highest BCUT2D eigenvalue weighted by molar-refractivity contribution is 7.13. The predicted octanol–water partition coefficient (Wildman–Crippen LogP) is 7.20. The molecule has 2 saturated heterocycles. The number of hydrogen-bond donors (Lipinski definition) is 3. The number of imide groups is 1. The van der Waals surface area contributed by atoms with Gasteiger partial charge < -0.3 is 49.1 Å². The van der Waals surface area contributed by atoms with Crippen LogP contribution in [-0.4, -0.2) is 148 Å². The highest BCUT2D eigenvalue weighted by Crippen LogP contribution is 2.40. The van der Waals surface area contributed by atoms with Gasteiger partial charge >= 0.3 is 12.2 Å². The molecule has 428 valence electrons. The second kappa shape index (κ2) is 28.6. The molecule has 4 aromatic rings. The monoisotopic (exact) mass is 1120 g/mol. The predicted molar refractivity (Wildman–Crippen MR) is 287 cm³/mol. The maximum absolute atomic E-state index is 13.9. The van der Waals surface area contributed by atoms with Gasteiger partial charge in [-0.05, 0) is 99.0 Å². The number of benzene rings is 3. The Kier molecular flexibility index (Phi) is 22.3. The number of β-amino-alcohol motifs (C(OH)–C–C–N with tert-alkyl or cyclic N) is 1. The van der Waals surface area contributed by atoms with Gasteiger partial charge in [-0.3, -0.25) is 24.1 Å². The number of carbonyl (C=O) groups is 5. The van der Waals surface area contributed by atoms with Crippen molar-refractivity contribution in [3.63, 3.8) is 0 Å². The van der Waals surface area contributed by atoms with E-state index in [0.717, 1.165) is 53.1 Å². The zero-order valence-electron chi connectivity index (χ0n) is 45.4. The molecule has 6 rings (SSSR count). The molecule has 0 aliphatic carbocycles. The summed E-state index contributed by atoms with van der Waals surface area (Å²) in [5.74, 6) is -1.60. The standard InChI is InChI=1S/C56H70F3N7O12S/c1-37-48(79-36-62-37)39-12-10-38(11-13-39)33-61-50(69)46-31-43(67)34-64(46)51(70)49(54(2,3)4)63-47(68)35-77-27-26-75-24-22-73-20-8-7-9-21-74-23-25-76-28-29-78-44-18-16-41(17-19-44)66-53(72)65(52(71)55(66,5)6)42-15-14-40(32-60)45(30-42)56(57,58)59/h10-19,30,36,43,46,49,67H,7-9,20-29,31,33-35H2,1-6H3,(H,61,69)(H,63,68)/t43-,46+,49?/m1/s1. The number of rotatable bonds is 29. The van der Waals surface area contributed by atoms with Crippen molar-refractivity contribution in [2.75, 3.05) is 89.0 Å². The Bertz CT molecular complexity index is 2730. The van der Waals surface area contributed by atoms with Crippen LogP contribution in [-0.2, 0) is 55.6 Å². The van der Waals surface area contributed by atoms with Crippen molar-refractivity contribution in [2.24, 2.45) is 5.41 Å². The molecule has 0 bridgehead atoms. The van der Waals surface area contributed by atoms with Crippen molar-refractivity contribution in [1.29, 1.82) is 5.26 Å². The van der Waals surface area contributed by atoms with Gasteiger partial charge in [0.2, 0.25) is 17.7 Å². The molecule has 1 unspecified atom stereocenters. The van der Waals surface area contributed by atoms with Gasteiger partial charge in [0, 0.05) is 38.4 Å². The first kappa shape index (κ1) is 61.7. The number of anilines is 2. The summed E-state index contributed by atoms with van der Waals surface area (Å²) in [5.41, 5.74) is 0.701. The van der Waals surface area contributed by atoms with Crippen LogP contribution in [0.5, 0.6) is 5.75 Å². The molecule has 2 aliphatic heterocycles. The summed E-state index contributed by atoms with van der Waals surface area (Å²) in [6, 6.07) is 15.7. The molecular formula is C56H70F3N7O12S. The molecule has 3 aromatic carbocycles. The van der Waals surface area contributed by atoms with Crippen LogP contribution >= 0.6 is 11.3 Å². The molecule has 3 N–H and O–H groups in total. The van der Waals surface area contributed by atoms with Gasteiger partial charge in [-0.1, -0.05) is 45.0 Å². The number of halogens is 3. The van der Waals surface area contributed by atoms with Gasteiger partial charge in [0.15, 0.2) is 0 Å². The van der Waals surface area contributed by atoms with E-state index in [-0.39, 0.29) is 64.1 Å². The Morgan fingerprint density at radius 1 is 0.835 bits per heavy atom. The minimum Gasteiger partial charge on any atom is -0.491 e. The fraction of sp³-hybridized carbons (Fsp3) is 0.518. The number of aliphatic hydroxyl groups is 1. The van der Waals surface area contributed by atoms with Crippen LogP contribution < -0.4 is 25.2 Å². The summed E-state index contributed by atoms with van der Waals surface area (Å²) in [6.45, 7) is 13.8. The number of amides is 6. The van der Waals surface area contributed by atoms with E-state index in [2.05, 4.69) is 15.6 Å². The average molecular weight is 1120 g/mol. The van der Waals surface area contributed by atoms with Crippen molar-refractivity contribution in [1.82, 2.24) is 20.5 Å². The first-order valence-electron chi connectivity index (χ1n) is 26.1. The number of hydrogen-bond acceptors (Lipinski definition) is 15. The highest BCUT2D eigenvalue weighted by Gasteiger charge is 2.53. The molecule has 3 heterocycles. The van der Waals surface area contributed by atoms with E-state index in [1.54, 1.807) is 41.1 Å². The lowest BCUT2D eigenvalue weighted by Gasteiger charge is -2.35. The van der Waals surface area contributed by atoms with E-state index >= 15 is 0 Å². The topological polar surface area (TPSA) is 231 Å². The summed E-state index contributed by atoms with van der Waals surface area (Å²) in [5, 5.41) is 25.4. The maximum Gasteiger partial charge on any atom is 0.417 e. The van der Waals surface area contributed by atoms with Crippen LogP contribution in [0.2, 0.25) is 0 Å². The smallest absolute Gasteiger partial charge is 0.417 e. The van der Waals surface area contributed by atoms with Crippen LogP contribution in [0, 0.1) is 23.7 Å². The summed E-state index contributed by atoms with van der Waals surface area (Å²) < 4.78 is 74.7. The third-order valence-electron chi connectivity index (χ3n) is 13.1. The van der Waals surface area contributed by atoms with Crippen LogP contribution in [0.3, 0.4) is 0 Å². The second-order valence-electron chi connectivity index (χ2n) is 20.5. The van der Waals surface area contributed by atoms with E-state index in [9.17, 15) is 42.3 Å². The molecule has 0 spiro atoms. The lowest BCUT2D eigenvalue weighted by molar-refractivity contribution is -0.144. The molecule has 23 heteroatoms. The van der Waals surface area contributed by atoms with Gasteiger partial charge in [-0.2, -0.15) is 18.4 Å². The van der Waals surface area contributed by atoms with Crippen LogP contribution in [0.1, 0.15) is 82.7 Å². The summed E-state index contributed by atoms with van der Waals surface area (Å²) in [6.07, 6.45) is -3.07. The fourth-order valence-corrected chi connectivity index (χ4v) is 9.68. The molecular weight excluding hydrogens is 1050 g/mol. The van der Waals surface area contributed by atoms with E-state index in [0.29, 0.717) is 62.0 Å². The summed E-state index contributed by atoms with van der Waals surface area (Å²) in [4.78, 5) is 75.8. The van der Waals surface area contributed by atoms with Gasteiger partial charge in [0.1, 0.15) is 36.6 Å². The maximum atomic E-state index is 13.9. The third kappa shape index (κ3) is 17.0. The number of ether oxygens (including phenoxy) is 6. The molecule has 6 amide bonds. The Morgan fingerprint density at radius 2 is 1.43 bits per heavy atom. The third-order valence-corrected chi connectivity index (χ3v) is 14.1. The molecule has 3 atom stereocenters. The largest absolute Gasteiger partial charge is 0.491 e. The molecule has 2 aliphatic rings. The normalized spacial score (nSPS) is 16.8. The van der Waals surface area contributed by atoms with E-state index < -0.39 is 70.2 Å². The number of aliphatic hydroxyl groups excluding tert-OH is 1. The lowest BCUT2D eigenvalue weighted by atomic mass is 9.85. The van der Waals surface area contributed by atoms with Crippen molar-refractivity contribution in [2.45, 2.75) is 104 Å². The average Bonchev–Trinajstić information content (AvgIpc) is 4.29. The zero-order valence-corrected chi connectivity index (χ0v) is 46.2. The number of carbonyl (C=O) groups excluding carboxylic acids is 5. The molecule has 1 aromatic heterocycles. The Labute approximate surface area is 462 Å². The lowest BCUT2D eigenvalue weighted by Crippen LogP contribution is -2.58. The van der Waals surface area contributed by atoms with Gasteiger partial charge in [0.25, 0.3) is 5.91 Å². The molecule has 0 saturated carbocycles. The van der Waals surface area contributed by atoms with Crippen LogP contribution in [0.15, 0.2) is 72.2 Å². The number of likely N-dealkylation sites (tertiary alicyclic amines) is 1. The van der Waals surface area contributed by atoms with Crippen molar-refractivity contribution in [3.8, 4) is 22.3 Å². The Hall–Kier alpha value is -6.52. The summed E-state index contributed by atoms with van der Waals surface area (Å²) >= 11 is 1.56. The van der Waals surface area contributed by atoms with Gasteiger partial charge in [-0.15, -0.1) is 11.3 Å². The number of aromatic nitrogens is 1. The fourth-order valence-electron chi connectivity index (χ4n) is 8.86. The number of nitriles is 1. The highest BCUT2D eigenvalue weighted by atomic mass is 32.1. The van der Waals surface area contributed by atoms with Gasteiger partial charge in [0.05, 0.1) is 91.3 Å². The van der Waals surface area contributed by atoms with Gasteiger partial charge in [-0.25, -0.2) is 14.7 Å². The second-order valence-corrected chi connectivity index (χ2v) is 21.4. The van der Waals surface area contributed by atoms with Crippen molar-refractivity contribution >= 4 is 52.4 Å². The Morgan fingerprint density at radius 3 is 2.01 bits per heavy atom. The number of thiazole rings is 1. The zero-order chi connectivity index (χ0) is 57.3. The van der Waals surface area contributed by atoms with E-state index in [4.69, 9.17) is 33.7 Å². The number of unbranched alkanes of at least 4 members (excludes halogenated alkanes) is 2. The number of aryl methyl sites for hydroxylation is 1. The van der Waals surface area contributed by atoms with Crippen molar-refractivity contribution < 1.29 is 70.7 Å². The Balaban J connectivity index is 0.754. The molecule has 79 heavy (non-hydrogen) atoms. The van der Waals surface area contributed by atoms with Crippen molar-refractivity contribution in [3.05, 3.63) is 94.6 Å². The SMILES string of the molecule is Cc1ncsc1-c1ccc(CNC(=O)[C@@H]2C[C@@H](O)CN2C(=O)C(NC(=O)COCCOCCOCCCCCOCCOCCOc2ccc(N3C(=O)N(c4ccc(C#N)c(C(F)(F)F)c4)C(=O)C3(C)C)cc2)C(C)(C)C)cc1. The first-order chi connectivity index (χ1) is 37.6. The van der Waals surface area contributed by atoms with Crippen LogP contribution in [0.25, 0.3) is 10.4 Å². The quantitative estimate of drug-likeness (QED) is 0.0361. The minimum atomic E-state index is -4.87. The number of urea groups is 1. The number of nitrogens with one attached hydrogen (secondary N) is 2. The first-order valence-corrected chi connectivity index (χ1v) is 27.0. The number of alkyl halides is 3. The molecule has 19 nitrogen and oxygen atoms in total. The molecule has 0 radical (unpaired) electrons. The summed E-state index contributed by atoms with van der Waals surface area (Å²) in [7, 11) is 0. The molecule has 2 fully saturated rings. The van der Waals surface area contributed by atoms with Crippen LogP contribution in [0.4, 0.5) is 29.3 Å². The minimum absolute atomic E-state index is 0.0313. The van der Waals surface area contributed by atoms with E-state index in [1.807, 2.05) is 52.0 Å².